The van der Waals surface area contributed by atoms with Crippen LogP contribution >= 0.6 is 0 Å². The van der Waals surface area contributed by atoms with E-state index >= 15 is 0 Å². The molecule has 1 aromatic carbocycles. The van der Waals surface area contributed by atoms with Gasteiger partial charge in [-0.05, 0) is 26.1 Å². The molecule has 0 aliphatic carbocycles. The van der Waals surface area contributed by atoms with Crippen LogP contribution < -0.4 is 5.32 Å². The Hall–Kier alpha value is -2.27. The lowest BCUT2D eigenvalue weighted by atomic mass is 10.1. The predicted octanol–water partition coefficient (Wildman–Crippen LogP) is 1.86. The van der Waals surface area contributed by atoms with Crippen LogP contribution in [-0.4, -0.2) is 33.4 Å². The van der Waals surface area contributed by atoms with Crippen LogP contribution in [0, 0.1) is 6.92 Å². The summed E-state index contributed by atoms with van der Waals surface area (Å²) in [5, 5.41) is 16.1. The number of nitrogens with one attached hydrogen (secondary N) is 1. The first kappa shape index (κ1) is 12.7. The van der Waals surface area contributed by atoms with E-state index in [1.54, 1.807) is 0 Å². The number of aryl methyl sites for hydroxylation is 1. The van der Waals surface area contributed by atoms with Crippen LogP contribution in [0.5, 0.6) is 0 Å². The molecular formula is C15H17N5. The highest BCUT2D eigenvalue weighted by molar-refractivity contribution is 5.60. The second-order valence-corrected chi connectivity index (χ2v) is 4.82. The molecule has 2 aromatic heterocycles. The number of fused-ring (bicyclic) bond motifs is 1. The fourth-order valence-corrected chi connectivity index (χ4v) is 2.10. The van der Waals surface area contributed by atoms with E-state index in [4.69, 9.17) is 0 Å². The van der Waals surface area contributed by atoms with Crippen LogP contribution in [0.4, 0.5) is 0 Å². The van der Waals surface area contributed by atoms with Gasteiger partial charge in [0.2, 0.25) is 0 Å². The van der Waals surface area contributed by atoms with E-state index in [9.17, 15) is 0 Å². The molecule has 2 heterocycles. The van der Waals surface area contributed by atoms with Crippen molar-refractivity contribution in [2.24, 2.45) is 0 Å². The number of aromatic nitrogens is 4. The van der Waals surface area contributed by atoms with Crippen LogP contribution in [0.15, 0.2) is 36.4 Å². The van der Waals surface area contributed by atoms with Crippen LogP contribution in [0.25, 0.3) is 16.9 Å². The Balaban J connectivity index is 2.02. The standard InChI is InChI=1S/C15H17N5/c1-11-3-5-12(6-4-11)13-7-8-14-17-18-15(9-10-16-2)20(14)19-13/h3-8,16H,9-10H2,1-2H3. The maximum absolute atomic E-state index is 4.65. The summed E-state index contributed by atoms with van der Waals surface area (Å²) in [6.07, 6.45) is 0.808. The number of nitrogens with zero attached hydrogens (tertiary/aromatic N) is 4. The molecule has 1 N–H and O–H groups in total. The van der Waals surface area contributed by atoms with Gasteiger partial charge < -0.3 is 5.32 Å². The normalized spacial score (nSPS) is 11.1. The van der Waals surface area contributed by atoms with Crippen molar-refractivity contribution in [3.8, 4) is 11.3 Å². The smallest absolute Gasteiger partial charge is 0.177 e. The minimum absolute atomic E-state index is 0.784. The first-order valence-corrected chi connectivity index (χ1v) is 6.71. The maximum Gasteiger partial charge on any atom is 0.177 e. The monoisotopic (exact) mass is 267 g/mol. The predicted molar refractivity (Wildman–Crippen MR) is 78.6 cm³/mol. The lowest BCUT2D eigenvalue weighted by Crippen LogP contribution is -2.13. The minimum atomic E-state index is 0.784. The Morgan fingerprint density at radius 2 is 1.85 bits per heavy atom. The Morgan fingerprint density at radius 1 is 1.05 bits per heavy atom. The molecule has 0 atom stereocenters. The van der Waals surface area contributed by atoms with E-state index in [1.807, 2.05) is 23.7 Å². The number of rotatable bonds is 4. The van der Waals surface area contributed by atoms with Gasteiger partial charge in [0.05, 0.1) is 5.69 Å². The zero-order valence-electron chi connectivity index (χ0n) is 11.7. The third kappa shape index (κ3) is 2.40. The third-order valence-electron chi connectivity index (χ3n) is 3.27. The fraction of sp³-hybridized carbons (Fsp3) is 0.267. The summed E-state index contributed by atoms with van der Waals surface area (Å²) in [5.41, 5.74) is 4.06. The molecule has 0 radical (unpaired) electrons. The van der Waals surface area contributed by atoms with E-state index in [2.05, 4.69) is 51.8 Å². The van der Waals surface area contributed by atoms with Gasteiger partial charge in [-0.15, -0.1) is 10.2 Å². The topological polar surface area (TPSA) is 55.1 Å². The zero-order valence-corrected chi connectivity index (χ0v) is 11.7. The molecule has 0 aliphatic rings. The second kappa shape index (κ2) is 5.38. The largest absolute Gasteiger partial charge is 0.319 e. The van der Waals surface area contributed by atoms with Crippen molar-refractivity contribution in [3.63, 3.8) is 0 Å². The van der Waals surface area contributed by atoms with Gasteiger partial charge in [0.25, 0.3) is 0 Å². The van der Waals surface area contributed by atoms with Crippen LogP contribution in [0.1, 0.15) is 11.4 Å². The SMILES string of the molecule is CNCCc1nnc2ccc(-c3ccc(C)cc3)nn12. The molecule has 0 unspecified atom stereocenters. The average molecular weight is 267 g/mol. The summed E-state index contributed by atoms with van der Waals surface area (Å²) in [7, 11) is 1.92. The highest BCUT2D eigenvalue weighted by atomic mass is 15.4. The summed E-state index contributed by atoms with van der Waals surface area (Å²) < 4.78 is 1.83. The lowest BCUT2D eigenvalue weighted by Gasteiger charge is -2.03. The molecule has 0 amide bonds. The van der Waals surface area contributed by atoms with Crippen molar-refractivity contribution < 1.29 is 0 Å². The molecule has 5 nitrogen and oxygen atoms in total. The Bertz CT molecular complexity index is 715. The van der Waals surface area contributed by atoms with Crippen LogP contribution in [0.3, 0.4) is 0 Å². The lowest BCUT2D eigenvalue weighted by molar-refractivity contribution is 0.726. The Labute approximate surface area is 117 Å². The number of hydrogen-bond donors (Lipinski definition) is 1. The highest BCUT2D eigenvalue weighted by Crippen LogP contribution is 2.18. The van der Waals surface area contributed by atoms with Gasteiger partial charge in [0, 0.05) is 18.5 Å². The van der Waals surface area contributed by atoms with Gasteiger partial charge >= 0.3 is 0 Å². The molecule has 5 heteroatoms. The van der Waals surface area contributed by atoms with E-state index in [1.165, 1.54) is 5.56 Å². The number of likely N-dealkylation sites (N-methyl/N-ethyl adjacent to an activating group) is 1. The molecule has 20 heavy (non-hydrogen) atoms. The molecule has 0 saturated carbocycles. The summed E-state index contributed by atoms with van der Waals surface area (Å²) in [5.74, 6) is 0.878. The quantitative estimate of drug-likeness (QED) is 0.784. The van der Waals surface area contributed by atoms with E-state index < -0.39 is 0 Å². The second-order valence-electron chi connectivity index (χ2n) is 4.82. The number of benzene rings is 1. The average Bonchev–Trinajstić information content (AvgIpc) is 2.88. The van der Waals surface area contributed by atoms with Gasteiger partial charge in [-0.25, -0.2) is 0 Å². The summed E-state index contributed by atoms with van der Waals surface area (Å²) in [4.78, 5) is 0. The summed E-state index contributed by atoms with van der Waals surface area (Å²) in [6, 6.07) is 12.3. The van der Waals surface area contributed by atoms with Crippen molar-refractivity contribution in [1.82, 2.24) is 25.1 Å². The molecule has 0 bridgehead atoms. The van der Waals surface area contributed by atoms with E-state index in [-0.39, 0.29) is 0 Å². The Kier molecular flexibility index (Phi) is 3.43. The maximum atomic E-state index is 4.65. The fourth-order valence-electron chi connectivity index (χ4n) is 2.10. The molecular weight excluding hydrogens is 250 g/mol. The molecule has 0 spiro atoms. The van der Waals surface area contributed by atoms with Crippen LogP contribution in [0.2, 0.25) is 0 Å². The molecule has 3 rings (SSSR count). The van der Waals surface area contributed by atoms with Crippen molar-refractivity contribution >= 4 is 5.65 Å². The van der Waals surface area contributed by atoms with Gasteiger partial charge in [0.1, 0.15) is 0 Å². The highest BCUT2D eigenvalue weighted by Gasteiger charge is 2.08. The summed E-state index contributed by atoms with van der Waals surface area (Å²) in [6.45, 7) is 2.94. The summed E-state index contributed by atoms with van der Waals surface area (Å²) >= 11 is 0. The molecule has 0 aliphatic heterocycles. The van der Waals surface area contributed by atoms with Crippen LogP contribution in [-0.2, 0) is 6.42 Å². The van der Waals surface area contributed by atoms with Crippen molar-refractivity contribution in [2.45, 2.75) is 13.3 Å². The van der Waals surface area contributed by atoms with E-state index in [0.717, 1.165) is 35.7 Å². The van der Waals surface area contributed by atoms with E-state index in [0.29, 0.717) is 0 Å². The number of hydrogen-bond acceptors (Lipinski definition) is 4. The van der Waals surface area contributed by atoms with Gasteiger partial charge in [-0.3, -0.25) is 0 Å². The zero-order chi connectivity index (χ0) is 13.9. The first-order valence-electron chi connectivity index (χ1n) is 6.71. The molecule has 0 saturated heterocycles. The third-order valence-corrected chi connectivity index (χ3v) is 3.27. The van der Waals surface area contributed by atoms with Gasteiger partial charge in [0.15, 0.2) is 11.5 Å². The van der Waals surface area contributed by atoms with Crippen molar-refractivity contribution in [2.75, 3.05) is 13.6 Å². The molecule has 0 fully saturated rings. The van der Waals surface area contributed by atoms with Crippen molar-refractivity contribution in [1.29, 1.82) is 0 Å². The molecule has 3 aromatic rings. The van der Waals surface area contributed by atoms with Crippen molar-refractivity contribution in [3.05, 3.63) is 47.8 Å². The van der Waals surface area contributed by atoms with Gasteiger partial charge in [-0.1, -0.05) is 29.8 Å². The molecule has 102 valence electrons. The minimum Gasteiger partial charge on any atom is -0.319 e. The first-order chi connectivity index (χ1) is 9.78. The van der Waals surface area contributed by atoms with Gasteiger partial charge in [-0.2, -0.15) is 9.61 Å². The Morgan fingerprint density at radius 3 is 2.60 bits per heavy atom.